The Balaban J connectivity index is 1.81. The third-order valence-corrected chi connectivity index (χ3v) is 4.49. The molecule has 2 rings (SSSR count). The highest BCUT2D eigenvalue weighted by Gasteiger charge is 2.08. The molecule has 2 amide bonds. The molecule has 0 heterocycles. The minimum Gasteiger partial charge on any atom is -0.494 e. The summed E-state index contributed by atoms with van der Waals surface area (Å²) in [5.41, 5.74) is 2.16. The summed E-state index contributed by atoms with van der Waals surface area (Å²) in [6, 6.07) is 14.7. The summed E-state index contributed by atoms with van der Waals surface area (Å²) < 4.78 is 5.76. The molecule has 0 radical (unpaired) electrons. The van der Waals surface area contributed by atoms with Crippen LogP contribution in [0, 0.1) is 5.92 Å². The SMILES string of the molecule is CCCCCCOc1cccc(NC(=O)CNc2cccc(NC(=O)C(C)C)c2)c1. The lowest BCUT2D eigenvalue weighted by atomic mass is 10.2. The summed E-state index contributed by atoms with van der Waals surface area (Å²) in [5.74, 6) is 0.457. The Bertz CT molecular complexity index is 821. The summed E-state index contributed by atoms with van der Waals surface area (Å²) in [4.78, 5) is 24.1. The molecule has 0 aliphatic heterocycles. The molecule has 2 aromatic rings. The molecule has 0 aliphatic carbocycles. The maximum Gasteiger partial charge on any atom is 0.243 e. The van der Waals surface area contributed by atoms with E-state index in [1.807, 2.05) is 56.3 Å². The number of nitrogens with one attached hydrogen (secondary N) is 3. The maximum atomic E-state index is 12.3. The van der Waals surface area contributed by atoms with E-state index in [4.69, 9.17) is 4.74 Å². The molecule has 0 fully saturated rings. The van der Waals surface area contributed by atoms with E-state index in [2.05, 4.69) is 22.9 Å². The summed E-state index contributed by atoms with van der Waals surface area (Å²) >= 11 is 0. The van der Waals surface area contributed by atoms with E-state index in [1.165, 1.54) is 19.3 Å². The van der Waals surface area contributed by atoms with Crippen molar-refractivity contribution >= 4 is 28.9 Å². The number of anilines is 3. The minimum absolute atomic E-state index is 0.0441. The molecule has 0 saturated carbocycles. The Morgan fingerprint density at radius 3 is 2.33 bits per heavy atom. The van der Waals surface area contributed by atoms with Crippen molar-refractivity contribution in [2.45, 2.75) is 46.5 Å². The Morgan fingerprint density at radius 1 is 0.900 bits per heavy atom. The second-order valence-corrected chi connectivity index (χ2v) is 7.56. The van der Waals surface area contributed by atoms with E-state index in [0.29, 0.717) is 18.0 Å². The Labute approximate surface area is 179 Å². The van der Waals surface area contributed by atoms with E-state index in [0.717, 1.165) is 17.9 Å². The van der Waals surface area contributed by atoms with Crippen LogP contribution in [0.1, 0.15) is 46.5 Å². The van der Waals surface area contributed by atoms with Gasteiger partial charge in [0, 0.05) is 29.0 Å². The number of benzene rings is 2. The van der Waals surface area contributed by atoms with Crippen molar-refractivity contribution in [3.05, 3.63) is 48.5 Å². The lowest BCUT2D eigenvalue weighted by Crippen LogP contribution is -2.22. The van der Waals surface area contributed by atoms with Gasteiger partial charge < -0.3 is 20.7 Å². The summed E-state index contributed by atoms with van der Waals surface area (Å²) in [6.07, 6.45) is 4.62. The maximum absolute atomic E-state index is 12.3. The lowest BCUT2D eigenvalue weighted by Gasteiger charge is -2.12. The zero-order chi connectivity index (χ0) is 21.8. The van der Waals surface area contributed by atoms with E-state index < -0.39 is 0 Å². The van der Waals surface area contributed by atoms with E-state index in [9.17, 15) is 9.59 Å². The standard InChI is InChI=1S/C24H33N3O3/c1-4-5-6-7-14-30-22-13-9-12-21(16-22)26-23(28)17-25-19-10-8-11-20(15-19)27-24(29)18(2)3/h8-13,15-16,18,25H,4-7,14,17H2,1-3H3,(H,26,28)(H,27,29). The topological polar surface area (TPSA) is 79.5 Å². The van der Waals surface area contributed by atoms with Crippen molar-refractivity contribution in [1.29, 1.82) is 0 Å². The average Bonchev–Trinajstić information content (AvgIpc) is 2.72. The van der Waals surface area contributed by atoms with Gasteiger partial charge in [0.2, 0.25) is 11.8 Å². The number of carbonyl (C=O) groups excluding carboxylic acids is 2. The molecule has 6 heteroatoms. The van der Waals surface area contributed by atoms with Gasteiger partial charge in [-0.1, -0.05) is 52.2 Å². The summed E-state index contributed by atoms with van der Waals surface area (Å²) in [7, 11) is 0. The number of carbonyl (C=O) groups is 2. The van der Waals surface area contributed by atoms with Crippen LogP contribution in [0.25, 0.3) is 0 Å². The first-order chi connectivity index (χ1) is 14.5. The Morgan fingerprint density at radius 2 is 1.60 bits per heavy atom. The fourth-order valence-corrected chi connectivity index (χ4v) is 2.76. The number of hydrogen-bond donors (Lipinski definition) is 3. The van der Waals surface area contributed by atoms with Gasteiger partial charge in [-0.15, -0.1) is 0 Å². The van der Waals surface area contributed by atoms with E-state index >= 15 is 0 Å². The molecule has 0 aliphatic rings. The average molecular weight is 412 g/mol. The first-order valence-electron chi connectivity index (χ1n) is 10.7. The first-order valence-corrected chi connectivity index (χ1v) is 10.7. The molecular weight excluding hydrogens is 378 g/mol. The molecule has 0 saturated heterocycles. The third-order valence-electron chi connectivity index (χ3n) is 4.49. The van der Waals surface area contributed by atoms with Crippen molar-refractivity contribution in [3.8, 4) is 5.75 Å². The molecule has 2 aromatic carbocycles. The van der Waals surface area contributed by atoms with Crippen molar-refractivity contribution < 1.29 is 14.3 Å². The van der Waals surface area contributed by atoms with E-state index in [-0.39, 0.29) is 24.3 Å². The number of hydrogen-bond acceptors (Lipinski definition) is 4. The van der Waals surface area contributed by atoms with Gasteiger partial charge in [-0.25, -0.2) is 0 Å². The van der Waals surface area contributed by atoms with Crippen LogP contribution in [-0.2, 0) is 9.59 Å². The van der Waals surface area contributed by atoms with Crippen LogP contribution in [-0.4, -0.2) is 25.0 Å². The van der Waals surface area contributed by atoms with Gasteiger partial charge in [0.15, 0.2) is 0 Å². The lowest BCUT2D eigenvalue weighted by molar-refractivity contribution is -0.119. The van der Waals surface area contributed by atoms with E-state index in [1.54, 1.807) is 6.07 Å². The molecule has 0 aromatic heterocycles. The van der Waals surface area contributed by atoms with Crippen molar-refractivity contribution in [1.82, 2.24) is 0 Å². The van der Waals surface area contributed by atoms with Crippen molar-refractivity contribution in [2.75, 3.05) is 29.1 Å². The van der Waals surface area contributed by atoms with Gasteiger partial charge in [0.25, 0.3) is 0 Å². The van der Waals surface area contributed by atoms with Gasteiger partial charge >= 0.3 is 0 Å². The largest absolute Gasteiger partial charge is 0.494 e. The molecule has 0 atom stereocenters. The normalized spacial score (nSPS) is 10.5. The summed E-state index contributed by atoms with van der Waals surface area (Å²) in [6.45, 7) is 6.66. The highest BCUT2D eigenvalue weighted by atomic mass is 16.5. The van der Waals surface area contributed by atoms with Gasteiger partial charge in [-0.2, -0.15) is 0 Å². The monoisotopic (exact) mass is 411 g/mol. The van der Waals surface area contributed by atoms with Gasteiger partial charge in [-0.3, -0.25) is 9.59 Å². The first kappa shape index (κ1) is 23.3. The predicted molar refractivity (Wildman–Crippen MR) is 123 cm³/mol. The smallest absolute Gasteiger partial charge is 0.243 e. The second kappa shape index (κ2) is 12.5. The second-order valence-electron chi connectivity index (χ2n) is 7.56. The van der Waals surface area contributed by atoms with Crippen LogP contribution in [0.15, 0.2) is 48.5 Å². The van der Waals surface area contributed by atoms with Crippen LogP contribution >= 0.6 is 0 Å². The van der Waals surface area contributed by atoms with Crippen molar-refractivity contribution in [3.63, 3.8) is 0 Å². The predicted octanol–water partition coefficient (Wildman–Crippen LogP) is 5.29. The van der Waals surface area contributed by atoms with Crippen LogP contribution in [0.2, 0.25) is 0 Å². The summed E-state index contributed by atoms with van der Waals surface area (Å²) in [5, 5.41) is 8.81. The Hall–Kier alpha value is -3.02. The molecule has 6 nitrogen and oxygen atoms in total. The van der Waals surface area contributed by atoms with Crippen LogP contribution in [0.3, 0.4) is 0 Å². The van der Waals surface area contributed by atoms with Crippen LogP contribution in [0.5, 0.6) is 5.75 Å². The zero-order valence-corrected chi connectivity index (χ0v) is 18.2. The fourth-order valence-electron chi connectivity index (χ4n) is 2.76. The zero-order valence-electron chi connectivity index (χ0n) is 18.2. The van der Waals surface area contributed by atoms with Crippen LogP contribution < -0.4 is 20.7 Å². The quantitative estimate of drug-likeness (QED) is 0.415. The fraction of sp³-hybridized carbons (Fsp3) is 0.417. The van der Waals surface area contributed by atoms with Crippen LogP contribution in [0.4, 0.5) is 17.1 Å². The Kier molecular flexibility index (Phi) is 9.71. The highest BCUT2D eigenvalue weighted by molar-refractivity contribution is 5.94. The van der Waals surface area contributed by atoms with Gasteiger partial charge in [0.05, 0.1) is 13.2 Å². The molecule has 0 unspecified atom stereocenters. The van der Waals surface area contributed by atoms with Gasteiger partial charge in [-0.05, 0) is 36.8 Å². The van der Waals surface area contributed by atoms with Crippen molar-refractivity contribution in [2.24, 2.45) is 5.92 Å². The number of ether oxygens (including phenoxy) is 1. The molecule has 3 N–H and O–H groups in total. The molecule has 0 bridgehead atoms. The molecule has 30 heavy (non-hydrogen) atoms. The number of rotatable bonds is 12. The number of amides is 2. The number of unbranched alkanes of at least 4 members (excludes halogenated alkanes) is 3. The molecule has 0 spiro atoms. The minimum atomic E-state index is -0.160. The molecular formula is C24H33N3O3. The highest BCUT2D eigenvalue weighted by Crippen LogP contribution is 2.19. The third kappa shape index (κ3) is 8.55. The molecule has 162 valence electrons. The van der Waals surface area contributed by atoms with Gasteiger partial charge in [0.1, 0.15) is 5.75 Å².